The summed E-state index contributed by atoms with van der Waals surface area (Å²) in [6, 6.07) is 0.160. The van der Waals surface area contributed by atoms with Crippen LogP contribution in [0.15, 0.2) is 0 Å². The van der Waals surface area contributed by atoms with E-state index in [9.17, 15) is 8.42 Å². The Morgan fingerprint density at radius 3 is 2.44 bits per heavy atom. The van der Waals surface area contributed by atoms with E-state index in [4.69, 9.17) is 10.5 Å². The molecule has 0 bridgehead atoms. The van der Waals surface area contributed by atoms with Gasteiger partial charge in [0.25, 0.3) is 0 Å². The molecule has 0 amide bonds. The molecule has 0 radical (unpaired) electrons. The minimum absolute atomic E-state index is 0.160. The van der Waals surface area contributed by atoms with Crippen molar-refractivity contribution < 1.29 is 13.2 Å². The fraction of sp³-hybridized carbons (Fsp3) is 1.00. The van der Waals surface area contributed by atoms with E-state index in [2.05, 4.69) is 0 Å². The van der Waals surface area contributed by atoms with Gasteiger partial charge in [0.15, 0.2) is 0 Å². The lowest BCUT2D eigenvalue weighted by Crippen LogP contribution is -2.47. The number of ether oxygens (including phenoxy) is 1. The standard InChI is InChI=1S/C12H24N2O3S/c1-10(13)11-4-6-14(7-5-11)18(15,16)12-3-2-8-17-9-12/h10-12H,2-9,13H2,1H3. The van der Waals surface area contributed by atoms with E-state index < -0.39 is 10.0 Å². The van der Waals surface area contributed by atoms with Gasteiger partial charge in [0, 0.05) is 25.7 Å². The normalized spacial score (nSPS) is 30.2. The van der Waals surface area contributed by atoms with Crippen LogP contribution in [0.25, 0.3) is 0 Å². The summed E-state index contributed by atoms with van der Waals surface area (Å²) in [5.74, 6) is 0.457. The molecule has 0 aromatic carbocycles. The molecule has 2 fully saturated rings. The Morgan fingerprint density at radius 2 is 1.94 bits per heavy atom. The van der Waals surface area contributed by atoms with Crippen molar-refractivity contribution in [3.63, 3.8) is 0 Å². The van der Waals surface area contributed by atoms with Crippen LogP contribution in [0.2, 0.25) is 0 Å². The first-order valence-corrected chi connectivity index (χ1v) is 8.34. The first-order valence-electron chi connectivity index (χ1n) is 6.84. The van der Waals surface area contributed by atoms with Crippen LogP contribution in [-0.4, -0.2) is 50.3 Å². The quantitative estimate of drug-likeness (QED) is 0.817. The predicted octanol–water partition coefficient (Wildman–Crippen LogP) is 0.554. The maximum atomic E-state index is 12.4. The molecule has 0 spiro atoms. The molecule has 18 heavy (non-hydrogen) atoms. The van der Waals surface area contributed by atoms with Crippen LogP contribution in [0, 0.1) is 5.92 Å². The molecule has 0 saturated carbocycles. The van der Waals surface area contributed by atoms with E-state index in [1.54, 1.807) is 4.31 Å². The van der Waals surface area contributed by atoms with E-state index >= 15 is 0 Å². The van der Waals surface area contributed by atoms with Gasteiger partial charge >= 0.3 is 0 Å². The van der Waals surface area contributed by atoms with Crippen molar-refractivity contribution in [2.24, 2.45) is 11.7 Å². The molecular weight excluding hydrogens is 252 g/mol. The summed E-state index contributed by atoms with van der Waals surface area (Å²) in [6.45, 7) is 4.29. The Bertz CT molecular complexity index is 356. The van der Waals surface area contributed by atoms with Gasteiger partial charge in [0.2, 0.25) is 10.0 Å². The second-order valence-electron chi connectivity index (χ2n) is 5.48. The average molecular weight is 276 g/mol. The third-order valence-corrected chi connectivity index (χ3v) is 6.44. The second kappa shape index (κ2) is 5.86. The van der Waals surface area contributed by atoms with Crippen LogP contribution in [0.3, 0.4) is 0 Å². The molecule has 0 aliphatic carbocycles. The van der Waals surface area contributed by atoms with Crippen molar-refractivity contribution >= 4 is 10.0 Å². The SMILES string of the molecule is CC(N)C1CCN(S(=O)(=O)C2CCCOC2)CC1. The number of hydrogen-bond acceptors (Lipinski definition) is 4. The summed E-state index contributed by atoms with van der Waals surface area (Å²) < 4.78 is 31.8. The first-order chi connectivity index (χ1) is 8.51. The molecule has 2 unspecified atom stereocenters. The highest BCUT2D eigenvalue weighted by Gasteiger charge is 2.36. The summed E-state index contributed by atoms with van der Waals surface area (Å²) in [5, 5.41) is -0.335. The molecule has 2 heterocycles. The van der Waals surface area contributed by atoms with Crippen LogP contribution in [0.5, 0.6) is 0 Å². The lowest BCUT2D eigenvalue weighted by atomic mass is 9.92. The van der Waals surface area contributed by atoms with Crippen LogP contribution < -0.4 is 5.73 Å². The maximum absolute atomic E-state index is 12.4. The highest BCUT2D eigenvalue weighted by atomic mass is 32.2. The fourth-order valence-corrected chi connectivity index (χ4v) is 4.69. The van der Waals surface area contributed by atoms with Gasteiger partial charge in [0.05, 0.1) is 11.9 Å². The van der Waals surface area contributed by atoms with Crippen molar-refractivity contribution in [1.82, 2.24) is 4.31 Å². The molecule has 2 N–H and O–H groups in total. The Balaban J connectivity index is 1.95. The summed E-state index contributed by atoms with van der Waals surface area (Å²) in [6.07, 6.45) is 3.34. The zero-order valence-corrected chi connectivity index (χ0v) is 11.9. The summed E-state index contributed by atoms with van der Waals surface area (Å²) in [7, 11) is -3.17. The fourth-order valence-electron chi connectivity index (χ4n) is 2.81. The molecule has 2 atom stereocenters. The highest BCUT2D eigenvalue weighted by Crippen LogP contribution is 2.25. The summed E-state index contributed by atoms with van der Waals surface area (Å²) in [5.41, 5.74) is 5.88. The molecule has 2 aliphatic rings. The Labute approximate surface area is 110 Å². The number of nitrogens with two attached hydrogens (primary N) is 1. The topological polar surface area (TPSA) is 72.6 Å². The second-order valence-corrected chi connectivity index (χ2v) is 7.69. The minimum atomic E-state index is -3.17. The number of hydrogen-bond donors (Lipinski definition) is 1. The highest BCUT2D eigenvalue weighted by molar-refractivity contribution is 7.89. The summed E-state index contributed by atoms with van der Waals surface area (Å²) >= 11 is 0. The number of piperidine rings is 1. The van der Waals surface area contributed by atoms with E-state index in [0.717, 1.165) is 25.7 Å². The van der Waals surface area contributed by atoms with Crippen molar-refractivity contribution in [2.75, 3.05) is 26.3 Å². The zero-order valence-electron chi connectivity index (χ0n) is 11.0. The molecule has 5 nitrogen and oxygen atoms in total. The van der Waals surface area contributed by atoms with E-state index in [1.165, 1.54) is 0 Å². The van der Waals surface area contributed by atoms with Crippen molar-refractivity contribution in [3.8, 4) is 0 Å². The average Bonchev–Trinajstić information content (AvgIpc) is 2.40. The molecular formula is C12H24N2O3S. The molecule has 2 saturated heterocycles. The molecule has 2 aliphatic heterocycles. The van der Waals surface area contributed by atoms with Gasteiger partial charge in [0.1, 0.15) is 0 Å². The van der Waals surface area contributed by atoms with E-state index in [0.29, 0.717) is 32.2 Å². The monoisotopic (exact) mass is 276 g/mol. The molecule has 6 heteroatoms. The van der Waals surface area contributed by atoms with Crippen LogP contribution >= 0.6 is 0 Å². The Morgan fingerprint density at radius 1 is 1.28 bits per heavy atom. The Hall–Kier alpha value is -0.170. The number of rotatable bonds is 3. The smallest absolute Gasteiger partial charge is 0.219 e. The number of sulfonamides is 1. The minimum Gasteiger partial charge on any atom is -0.380 e. The lowest BCUT2D eigenvalue weighted by Gasteiger charge is -2.35. The van der Waals surface area contributed by atoms with Crippen molar-refractivity contribution in [3.05, 3.63) is 0 Å². The van der Waals surface area contributed by atoms with Gasteiger partial charge in [-0.1, -0.05) is 0 Å². The molecule has 2 rings (SSSR count). The molecule has 106 valence electrons. The first kappa shape index (κ1) is 14.2. The summed E-state index contributed by atoms with van der Waals surface area (Å²) in [4.78, 5) is 0. The van der Waals surface area contributed by atoms with Gasteiger partial charge < -0.3 is 10.5 Å². The van der Waals surface area contributed by atoms with Crippen LogP contribution in [0.1, 0.15) is 32.6 Å². The van der Waals surface area contributed by atoms with Crippen molar-refractivity contribution in [2.45, 2.75) is 43.9 Å². The molecule has 0 aromatic rings. The van der Waals surface area contributed by atoms with Gasteiger partial charge in [-0.05, 0) is 38.5 Å². The third-order valence-electron chi connectivity index (χ3n) is 4.14. The van der Waals surface area contributed by atoms with Gasteiger partial charge in [-0.2, -0.15) is 0 Å². The molecule has 0 aromatic heterocycles. The maximum Gasteiger partial charge on any atom is 0.219 e. The number of nitrogens with zero attached hydrogens (tertiary/aromatic N) is 1. The van der Waals surface area contributed by atoms with Crippen LogP contribution in [-0.2, 0) is 14.8 Å². The van der Waals surface area contributed by atoms with E-state index in [1.807, 2.05) is 6.92 Å². The van der Waals surface area contributed by atoms with Gasteiger partial charge in [-0.25, -0.2) is 12.7 Å². The van der Waals surface area contributed by atoms with Crippen LogP contribution in [0.4, 0.5) is 0 Å². The third kappa shape index (κ3) is 3.04. The van der Waals surface area contributed by atoms with Crippen molar-refractivity contribution in [1.29, 1.82) is 0 Å². The largest absolute Gasteiger partial charge is 0.380 e. The van der Waals surface area contributed by atoms with Gasteiger partial charge in [-0.3, -0.25) is 0 Å². The van der Waals surface area contributed by atoms with Gasteiger partial charge in [-0.15, -0.1) is 0 Å². The lowest BCUT2D eigenvalue weighted by molar-refractivity contribution is 0.0967. The zero-order chi connectivity index (χ0) is 13.2. The van der Waals surface area contributed by atoms with E-state index in [-0.39, 0.29) is 11.3 Å². The predicted molar refractivity (Wildman–Crippen MR) is 70.7 cm³/mol. The Kier molecular flexibility index (Phi) is 4.64.